The summed E-state index contributed by atoms with van der Waals surface area (Å²) in [5, 5.41) is 10.5. The fraction of sp³-hybridized carbons (Fsp3) is 0.263. The van der Waals surface area contributed by atoms with Crippen LogP contribution in [0, 0.1) is 0 Å². The SMILES string of the molecule is CCOc1ccc(OCCNC(=O)Cn2nnn(-c3ccccc3Cl)c2=O)cc1. The smallest absolute Gasteiger partial charge is 0.369 e. The highest BCUT2D eigenvalue weighted by Crippen LogP contribution is 2.17. The quantitative estimate of drug-likeness (QED) is 0.531. The van der Waals surface area contributed by atoms with Gasteiger partial charge in [-0.05, 0) is 53.7 Å². The van der Waals surface area contributed by atoms with Crippen molar-refractivity contribution in [2.45, 2.75) is 13.5 Å². The predicted molar refractivity (Wildman–Crippen MR) is 107 cm³/mol. The Hall–Kier alpha value is -3.33. The van der Waals surface area contributed by atoms with Gasteiger partial charge >= 0.3 is 5.69 Å². The molecule has 2 aromatic carbocycles. The maximum Gasteiger partial charge on any atom is 0.369 e. The zero-order chi connectivity index (χ0) is 20.6. The lowest BCUT2D eigenvalue weighted by atomic mass is 10.3. The van der Waals surface area contributed by atoms with E-state index in [9.17, 15) is 9.59 Å². The molecular formula is C19H20ClN5O4. The van der Waals surface area contributed by atoms with Crippen molar-refractivity contribution in [2.24, 2.45) is 0 Å². The van der Waals surface area contributed by atoms with E-state index in [-0.39, 0.29) is 25.6 Å². The third kappa shape index (κ3) is 5.35. The van der Waals surface area contributed by atoms with Crippen LogP contribution in [-0.4, -0.2) is 45.5 Å². The predicted octanol–water partition coefficient (Wildman–Crippen LogP) is 1.68. The first-order valence-electron chi connectivity index (χ1n) is 8.98. The number of ether oxygens (including phenoxy) is 2. The molecule has 0 aliphatic carbocycles. The van der Waals surface area contributed by atoms with Gasteiger partial charge in [0.05, 0.1) is 23.9 Å². The minimum atomic E-state index is -0.557. The molecule has 9 nitrogen and oxygen atoms in total. The molecule has 0 fully saturated rings. The summed E-state index contributed by atoms with van der Waals surface area (Å²) in [6.07, 6.45) is 0. The molecule has 0 radical (unpaired) electrons. The van der Waals surface area contributed by atoms with Gasteiger partial charge < -0.3 is 14.8 Å². The van der Waals surface area contributed by atoms with Crippen LogP contribution in [0.25, 0.3) is 5.69 Å². The molecule has 1 N–H and O–H groups in total. The van der Waals surface area contributed by atoms with Crippen molar-refractivity contribution in [3.05, 3.63) is 64.0 Å². The molecule has 0 unspecified atom stereocenters. The number of nitrogens with zero attached hydrogens (tertiary/aromatic N) is 4. The Labute approximate surface area is 171 Å². The second-order valence-corrected chi connectivity index (χ2v) is 6.29. The van der Waals surface area contributed by atoms with Crippen LogP contribution < -0.4 is 20.5 Å². The molecule has 1 aromatic heterocycles. The second kappa shape index (κ2) is 9.74. The number of hydrogen-bond acceptors (Lipinski definition) is 6. The number of amides is 1. The number of hydrogen-bond donors (Lipinski definition) is 1. The minimum Gasteiger partial charge on any atom is -0.494 e. The summed E-state index contributed by atoms with van der Waals surface area (Å²) in [6.45, 7) is 2.81. The normalized spacial score (nSPS) is 10.6. The number of aromatic nitrogens is 4. The van der Waals surface area contributed by atoms with Crippen LogP contribution in [-0.2, 0) is 11.3 Å². The van der Waals surface area contributed by atoms with Gasteiger partial charge in [-0.2, -0.15) is 9.36 Å². The lowest BCUT2D eigenvalue weighted by Crippen LogP contribution is -2.35. The first-order valence-corrected chi connectivity index (χ1v) is 9.36. The van der Waals surface area contributed by atoms with Crippen molar-refractivity contribution in [1.29, 1.82) is 0 Å². The molecule has 0 aliphatic rings. The van der Waals surface area contributed by atoms with Gasteiger partial charge in [-0.1, -0.05) is 23.7 Å². The number of tetrazole rings is 1. The third-order valence-corrected chi connectivity index (χ3v) is 4.16. The fourth-order valence-electron chi connectivity index (χ4n) is 2.50. The lowest BCUT2D eigenvalue weighted by Gasteiger charge is -2.08. The van der Waals surface area contributed by atoms with Gasteiger partial charge in [0.15, 0.2) is 0 Å². The summed E-state index contributed by atoms with van der Waals surface area (Å²) in [5.41, 5.74) is -0.159. The summed E-state index contributed by atoms with van der Waals surface area (Å²) in [7, 11) is 0. The van der Waals surface area contributed by atoms with E-state index in [2.05, 4.69) is 15.7 Å². The van der Waals surface area contributed by atoms with E-state index < -0.39 is 5.69 Å². The summed E-state index contributed by atoms with van der Waals surface area (Å²) >= 11 is 6.07. The van der Waals surface area contributed by atoms with Crippen molar-refractivity contribution in [3.8, 4) is 17.2 Å². The average molecular weight is 418 g/mol. The van der Waals surface area contributed by atoms with Crippen LogP contribution in [0.2, 0.25) is 5.02 Å². The van der Waals surface area contributed by atoms with Crippen LogP contribution >= 0.6 is 11.6 Å². The summed E-state index contributed by atoms with van der Waals surface area (Å²) < 4.78 is 12.9. The Balaban J connectivity index is 1.48. The van der Waals surface area contributed by atoms with Crippen molar-refractivity contribution < 1.29 is 14.3 Å². The van der Waals surface area contributed by atoms with E-state index in [4.69, 9.17) is 21.1 Å². The fourth-order valence-corrected chi connectivity index (χ4v) is 2.71. The zero-order valence-corrected chi connectivity index (χ0v) is 16.5. The molecule has 0 bridgehead atoms. The molecule has 0 saturated heterocycles. The maximum absolute atomic E-state index is 12.4. The van der Waals surface area contributed by atoms with Crippen molar-refractivity contribution in [2.75, 3.05) is 19.8 Å². The molecule has 29 heavy (non-hydrogen) atoms. The highest BCUT2D eigenvalue weighted by Gasteiger charge is 2.13. The molecule has 0 aliphatic heterocycles. The van der Waals surface area contributed by atoms with Crippen LogP contribution in [0.15, 0.2) is 53.3 Å². The van der Waals surface area contributed by atoms with Crippen molar-refractivity contribution in [1.82, 2.24) is 25.1 Å². The molecule has 3 rings (SSSR count). The molecule has 1 amide bonds. The lowest BCUT2D eigenvalue weighted by molar-refractivity contribution is -0.122. The van der Waals surface area contributed by atoms with Crippen LogP contribution in [0.3, 0.4) is 0 Å². The topological polar surface area (TPSA) is 100 Å². The Morgan fingerprint density at radius 1 is 1.07 bits per heavy atom. The van der Waals surface area contributed by atoms with E-state index >= 15 is 0 Å². The number of nitrogens with one attached hydrogen (secondary N) is 1. The Morgan fingerprint density at radius 2 is 1.76 bits per heavy atom. The van der Waals surface area contributed by atoms with E-state index in [1.54, 1.807) is 36.4 Å². The van der Waals surface area contributed by atoms with Crippen LogP contribution in [0.4, 0.5) is 0 Å². The van der Waals surface area contributed by atoms with Gasteiger partial charge in [-0.3, -0.25) is 4.79 Å². The Morgan fingerprint density at radius 3 is 2.45 bits per heavy atom. The van der Waals surface area contributed by atoms with Gasteiger partial charge in [0, 0.05) is 0 Å². The average Bonchev–Trinajstić information content (AvgIpc) is 3.07. The van der Waals surface area contributed by atoms with E-state index in [1.165, 1.54) is 0 Å². The minimum absolute atomic E-state index is 0.258. The molecule has 10 heteroatoms. The van der Waals surface area contributed by atoms with E-state index in [1.807, 2.05) is 19.1 Å². The number of halogens is 1. The van der Waals surface area contributed by atoms with Gasteiger partial charge in [-0.25, -0.2) is 4.79 Å². The molecule has 0 saturated carbocycles. The van der Waals surface area contributed by atoms with Gasteiger partial charge in [0.2, 0.25) is 5.91 Å². The molecule has 1 heterocycles. The van der Waals surface area contributed by atoms with Crippen molar-refractivity contribution >= 4 is 17.5 Å². The third-order valence-electron chi connectivity index (χ3n) is 3.84. The molecule has 0 spiro atoms. The van der Waals surface area contributed by atoms with Crippen LogP contribution in [0.5, 0.6) is 11.5 Å². The first kappa shape index (κ1) is 20.4. The largest absolute Gasteiger partial charge is 0.494 e. The molecule has 152 valence electrons. The van der Waals surface area contributed by atoms with E-state index in [0.717, 1.165) is 15.1 Å². The number of para-hydroxylation sites is 1. The summed E-state index contributed by atoms with van der Waals surface area (Å²) in [4.78, 5) is 24.4. The number of carbonyl (C=O) groups is 1. The van der Waals surface area contributed by atoms with Gasteiger partial charge in [0.25, 0.3) is 0 Å². The highest BCUT2D eigenvalue weighted by atomic mass is 35.5. The molecule has 3 aromatic rings. The Bertz CT molecular complexity index is 1020. The van der Waals surface area contributed by atoms with E-state index in [0.29, 0.717) is 23.1 Å². The van der Waals surface area contributed by atoms with Gasteiger partial charge in [0.1, 0.15) is 24.7 Å². The molecule has 0 atom stereocenters. The first-order chi connectivity index (χ1) is 14.1. The second-order valence-electron chi connectivity index (χ2n) is 5.89. The van der Waals surface area contributed by atoms with Gasteiger partial charge in [-0.15, -0.1) is 0 Å². The van der Waals surface area contributed by atoms with Crippen molar-refractivity contribution in [3.63, 3.8) is 0 Å². The van der Waals surface area contributed by atoms with Crippen LogP contribution in [0.1, 0.15) is 6.92 Å². The number of benzene rings is 2. The molecular weight excluding hydrogens is 398 g/mol. The number of carbonyl (C=O) groups excluding carboxylic acids is 1. The maximum atomic E-state index is 12.4. The Kier molecular flexibility index (Phi) is 6.85. The summed E-state index contributed by atoms with van der Waals surface area (Å²) in [5.74, 6) is 1.05. The standard InChI is InChI=1S/C19H20ClN5O4/c1-2-28-14-7-9-15(10-8-14)29-12-11-21-18(26)13-24-19(27)25(23-22-24)17-6-4-3-5-16(17)20/h3-10H,2,11-13H2,1H3,(H,21,26). The monoisotopic (exact) mass is 417 g/mol. The highest BCUT2D eigenvalue weighted by molar-refractivity contribution is 6.32. The number of rotatable bonds is 9. The summed E-state index contributed by atoms with van der Waals surface area (Å²) in [6, 6.07) is 13.9. The zero-order valence-electron chi connectivity index (χ0n) is 15.7.